The summed E-state index contributed by atoms with van der Waals surface area (Å²) in [6, 6.07) is 10.2. The summed E-state index contributed by atoms with van der Waals surface area (Å²) in [6.45, 7) is 0.861. The third-order valence-corrected chi connectivity index (χ3v) is 5.09. The van der Waals surface area contributed by atoms with Crippen molar-refractivity contribution >= 4 is 5.91 Å². The molecule has 1 aliphatic heterocycles. The van der Waals surface area contributed by atoms with Crippen LogP contribution >= 0.6 is 0 Å². The SMILES string of the molecule is O=C(Cc1ccccc1)N1CCCCC1C1CCCC1O. The summed E-state index contributed by atoms with van der Waals surface area (Å²) in [7, 11) is 0. The number of nitrogens with zero attached hydrogens (tertiary/aromatic N) is 1. The molecule has 0 radical (unpaired) electrons. The summed E-state index contributed by atoms with van der Waals surface area (Å²) in [5, 5.41) is 10.2. The highest BCUT2D eigenvalue weighted by Crippen LogP contribution is 2.35. The van der Waals surface area contributed by atoms with Gasteiger partial charge < -0.3 is 10.0 Å². The standard InChI is InChI=1S/C18H25NO2/c20-17-11-6-9-15(17)16-10-4-5-12-19(16)18(21)13-14-7-2-1-3-8-14/h1-3,7-8,15-17,20H,4-6,9-13H2. The lowest BCUT2D eigenvalue weighted by molar-refractivity contribution is -0.136. The lowest BCUT2D eigenvalue weighted by atomic mass is 9.87. The van der Waals surface area contributed by atoms with Crippen molar-refractivity contribution in [1.82, 2.24) is 4.90 Å². The predicted molar refractivity (Wildman–Crippen MR) is 82.8 cm³/mol. The number of carbonyl (C=O) groups is 1. The molecule has 1 aromatic carbocycles. The zero-order valence-electron chi connectivity index (χ0n) is 12.6. The van der Waals surface area contributed by atoms with Crippen molar-refractivity contribution in [3.63, 3.8) is 0 Å². The first-order chi connectivity index (χ1) is 10.3. The van der Waals surface area contributed by atoms with E-state index in [4.69, 9.17) is 0 Å². The summed E-state index contributed by atoms with van der Waals surface area (Å²) in [5.41, 5.74) is 1.08. The van der Waals surface area contributed by atoms with E-state index in [1.807, 2.05) is 30.3 Å². The Labute approximate surface area is 127 Å². The Morgan fingerprint density at radius 3 is 2.62 bits per heavy atom. The number of aliphatic hydroxyl groups excluding tert-OH is 1. The minimum atomic E-state index is -0.208. The van der Waals surface area contributed by atoms with Gasteiger partial charge in [0.1, 0.15) is 0 Å². The van der Waals surface area contributed by atoms with Gasteiger partial charge in [0.25, 0.3) is 0 Å². The molecule has 1 amide bonds. The van der Waals surface area contributed by atoms with E-state index < -0.39 is 0 Å². The monoisotopic (exact) mass is 287 g/mol. The van der Waals surface area contributed by atoms with Gasteiger partial charge >= 0.3 is 0 Å². The van der Waals surface area contributed by atoms with Crippen LogP contribution in [0.4, 0.5) is 0 Å². The van der Waals surface area contributed by atoms with Gasteiger partial charge in [-0.05, 0) is 37.7 Å². The molecule has 3 atom stereocenters. The molecule has 3 heteroatoms. The number of piperidine rings is 1. The second kappa shape index (κ2) is 6.61. The van der Waals surface area contributed by atoms with Gasteiger partial charge in [0, 0.05) is 18.5 Å². The Bertz CT molecular complexity index is 473. The molecule has 1 saturated heterocycles. The molecule has 3 rings (SSSR count). The lowest BCUT2D eigenvalue weighted by Gasteiger charge is -2.40. The molecule has 0 aromatic heterocycles. The highest BCUT2D eigenvalue weighted by atomic mass is 16.3. The molecule has 1 saturated carbocycles. The third-order valence-electron chi connectivity index (χ3n) is 5.09. The van der Waals surface area contributed by atoms with E-state index in [-0.39, 0.29) is 18.1 Å². The largest absolute Gasteiger partial charge is 0.393 e. The van der Waals surface area contributed by atoms with Crippen LogP contribution < -0.4 is 0 Å². The second-order valence-corrected chi connectivity index (χ2v) is 6.47. The van der Waals surface area contributed by atoms with Crippen molar-refractivity contribution in [3.05, 3.63) is 35.9 Å². The molecule has 2 fully saturated rings. The minimum Gasteiger partial charge on any atom is -0.393 e. The van der Waals surface area contributed by atoms with E-state index in [0.717, 1.165) is 44.2 Å². The molecule has 0 bridgehead atoms. The van der Waals surface area contributed by atoms with Crippen LogP contribution in [0.1, 0.15) is 44.1 Å². The fourth-order valence-corrected chi connectivity index (χ4v) is 4.00. The maximum atomic E-state index is 12.7. The van der Waals surface area contributed by atoms with Gasteiger partial charge in [0.2, 0.25) is 5.91 Å². The number of rotatable bonds is 3. The van der Waals surface area contributed by atoms with Crippen LogP contribution in [0.3, 0.4) is 0 Å². The number of hydrogen-bond acceptors (Lipinski definition) is 2. The van der Waals surface area contributed by atoms with Crippen LogP contribution in [0, 0.1) is 5.92 Å². The molecule has 114 valence electrons. The van der Waals surface area contributed by atoms with E-state index in [0.29, 0.717) is 12.3 Å². The average Bonchev–Trinajstić information content (AvgIpc) is 2.94. The van der Waals surface area contributed by atoms with Gasteiger partial charge in [0.05, 0.1) is 12.5 Å². The van der Waals surface area contributed by atoms with Crippen molar-refractivity contribution < 1.29 is 9.90 Å². The molecule has 3 nitrogen and oxygen atoms in total. The van der Waals surface area contributed by atoms with Crippen molar-refractivity contribution in [2.45, 2.75) is 57.1 Å². The van der Waals surface area contributed by atoms with Crippen molar-refractivity contribution in [3.8, 4) is 0 Å². The number of carbonyl (C=O) groups excluding carboxylic acids is 1. The van der Waals surface area contributed by atoms with Crippen LogP contribution in [0.2, 0.25) is 0 Å². The molecule has 1 aliphatic carbocycles. The van der Waals surface area contributed by atoms with E-state index in [1.165, 1.54) is 6.42 Å². The van der Waals surface area contributed by atoms with Crippen LogP contribution in [0.25, 0.3) is 0 Å². The van der Waals surface area contributed by atoms with Crippen molar-refractivity contribution in [1.29, 1.82) is 0 Å². The molecule has 1 aromatic rings. The molecular formula is C18H25NO2. The molecule has 1 heterocycles. The van der Waals surface area contributed by atoms with Crippen LogP contribution in [0.5, 0.6) is 0 Å². The summed E-state index contributed by atoms with van der Waals surface area (Å²) in [5.74, 6) is 0.523. The van der Waals surface area contributed by atoms with Crippen LogP contribution in [0.15, 0.2) is 30.3 Å². The maximum absolute atomic E-state index is 12.7. The summed E-state index contributed by atoms with van der Waals surface area (Å²) >= 11 is 0. The topological polar surface area (TPSA) is 40.5 Å². The maximum Gasteiger partial charge on any atom is 0.227 e. The number of hydrogen-bond donors (Lipinski definition) is 1. The summed E-state index contributed by atoms with van der Waals surface area (Å²) in [4.78, 5) is 14.8. The quantitative estimate of drug-likeness (QED) is 0.928. The van der Waals surface area contributed by atoms with Crippen LogP contribution in [-0.2, 0) is 11.2 Å². The smallest absolute Gasteiger partial charge is 0.227 e. The zero-order chi connectivity index (χ0) is 14.7. The molecular weight excluding hydrogens is 262 g/mol. The molecule has 21 heavy (non-hydrogen) atoms. The molecule has 3 unspecified atom stereocenters. The van der Waals surface area contributed by atoms with E-state index in [1.54, 1.807) is 0 Å². The zero-order valence-corrected chi connectivity index (χ0v) is 12.6. The van der Waals surface area contributed by atoms with Gasteiger partial charge in [-0.2, -0.15) is 0 Å². The number of aliphatic hydroxyl groups is 1. The van der Waals surface area contributed by atoms with E-state index in [2.05, 4.69) is 4.90 Å². The fraction of sp³-hybridized carbons (Fsp3) is 0.611. The highest BCUT2D eigenvalue weighted by molar-refractivity contribution is 5.79. The Hall–Kier alpha value is -1.35. The summed E-state index contributed by atoms with van der Waals surface area (Å²) < 4.78 is 0. The summed E-state index contributed by atoms with van der Waals surface area (Å²) in [6.07, 6.45) is 6.69. The molecule has 2 aliphatic rings. The molecule has 0 spiro atoms. The van der Waals surface area contributed by atoms with Crippen LogP contribution in [-0.4, -0.2) is 34.6 Å². The van der Waals surface area contributed by atoms with E-state index >= 15 is 0 Å². The van der Waals surface area contributed by atoms with Crippen molar-refractivity contribution in [2.24, 2.45) is 5.92 Å². The third kappa shape index (κ3) is 3.29. The molecule has 1 N–H and O–H groups in total. The Kier molecular flexibility index (Phi) is 4.59. The van der Waals surface area contributed by atoms with Gasteiger partial charge in [-0.15, -0.1) is 0 Å². The Balaban J connectivity index is 1.70. The first-order valence-electron chi connectivity index (χ1n) is 8.27. The minimum absolute atomic E-state index is 0.208. The number of benzene rings is 1. The van der Waals surface area contributed by atoms with E-state index in [9.17, 15) is 9.90 Å². The lowest BCUT2D eigenvalue weighted by Crippen LogP contribution is -2.49. The first kappa shape index (κ1) is 14.6. The number of likely N-dealkylation sites (tertiary alicyclic amines) is 1. The van der Waals surface area contributed by atoms with Crippen molar-refractivity contribution in [2.75, 3.05) is 6.54 Å². The Morgan fingerprint density at radius 2 is 1.90 bits per heavy atom. The fourth-order valence-electron chi connectivity index (χ4n) is 4.00. The number of amides is 1. The Morgan fingerprint density at radius 1 is 1.10 bits per heavy atom. The predicted octanol–water partition coefficient (Wildman–Crippen LogP) is 2.77. The second-order valence-electron chi connectivity index (χ2n) is 6.47. The first-order valence-corrected chi connectivity index (χ1v) is 8.27. The van der Waals surface area contributed by atoms with Gasteiger partial charge in [-0.1, -0.05) is 36.8 Å². The average molecular weight is 287 g/mol. The van der Waals surface area contributed by atoms with Gasteiger partial charge in [0.15, 0.2) is 0 Å². The van der Waals surface area contributed by atoms with Gasteiger partial charge in [-0.3, -0.25) is 4.79 Å². The normalized spacial score (nSPS) is 29.6. The van der Waals surface area contributed by atoms with Gasteiger partial charge in [-0.25, -0.2) is 0 Å². The highest BCUT2D eigenvalue weighted by Gasteiger charge is 2.38.